The largest absolute Gasteiger partial charge is 0.497 e. The standard InChI is InChI=1S/C15H23ClN2O/c1-11-7-14(19-2)8-13(18-11)10-17-15-6-4-3-5-12(15)9-16/h7-8,12,15,17H,3-6,9-10H2,1-2H3. The highest BCUT2D eigenvalue weighted by Crippen LogP contribution is 2.25. The van der Waals surface area contributed by atoms with E-state index in [4.69, 9.17) is 16.3 Å². The van der Waals surface area contributed by atoms with Crippen LogP contribution in [0.4, 0.5) is 0 Å². The third kappa shape index (κ3) is 4.08. The second-order valence-electron chi connectivity index (χ2n) is 5.33. The average Bonchev–Trinajstić information content (AvgIpc) is 2.44. The first-order valence-electron chi connectivity index (χ1n) is 7.04. The predicted octanol–water partition coefficient (Wildman–Crippen LogP) is 3.29. The number of nitrogens with zero attached hydrogens (tertiary/aromatic N) is 1. The number of methoxy groups -OCH3 is 1. The number of aryl methyl sites for hydroxylation is 1. The number of alkyl halides is 1. The van der Waals surface area contributed by atoms with Crippen LogP contribution in [-0.4, -0.2) is 24.0 Å². The Kier molecular flexibility index (Phi) is 5.46. The minimum atomic E-state index is 0.527. The zero-order chi connectivity index (χ0) is 13.7. The van der Waals surface area contributed by atoms with Crippen LogP contribution in [0.1, 0.15) is 37.1 Å². The SMILES string of the molecule is COc1cc(C)nc(CNC2CCCCC2CCl)c1. The number of pyridine rings is 1. The predicted molar refractivity (Wildman–Crippen MR) is 78.8 cm³/mol. The molecule has 4 heteroatoms. The van der Waals surface area contributed by atoms with Gasteiger partial charge in [0.15, 0.2) is 0 Å². The van der Waals surface area contributed by atoms with Gasteiger partial charge in [0.25, 0.3) is 0 Å². The summed E-state index contributed by atoms with van der Waals surface area (Å²) in [5.74, 6) is 2.23. The van der Waals surface area contributed by atoms with E-state index in [1.807, 2.05) is 19.1 Å². The molecular formula is C15H23ClN2O. The van der Waals surface area contributed by atoms with Gasteiger partial charge in [0.05, 0.1) is 12.8 Å². The number of nitrogens with one attached hydrogen (secondary N) is 1. The van der Waals surface area contributed by atoms with Crippen molar-refractivity contribution in [2.24, 2.45) is 5.92 Å². The molecule has 1 aromatic rings. The smallest absolute Gasteiger partial charge is 0.122 e. The van der Waals surface area contributed by atoms with Crippen LogP contribution in [0, 0.1) is 12.8 Å². The molecule has 0 radical (unpaired) electrons. The number of rotatable bonds is 5. The van der Waals surface area contributed by atoms with Crippen LogP contribution in [0.2, 0.25) is 0 Å². The maximum absolute atomic E-state index is 6.05. The van der Waals surface area contributed by atoms with Gasteiger partial charge in [-0.05, 0) is 25.7 Å². The lowest BCUT2D eigenvalue weighted by Crippen LogP contribution is -2.39. The topological polar surface area (TPSA) is 34.1 Å². The number of ether oxygens (including phenoxy) is 1. The van der Waals surface area contributed by atoms with Gasteiger partial charge in [0.1, 0.15) is 5.75 Å². The van der Waals surface area contributed by atoms with E-state index in [1.165, 1.54) is 25.7 Å². The fourth-order valence-corrected chi connectivity index (χ4v) is 3.18. The molecule has 0 amide bonds. The van der Waals surface area contributed by atoms with Crippen molar-refractivity contribution < 1.29 is 4.74 Å². The molecule has 0 bridgehead atoms. The van der Waals surface area contributed by atoms with Gasteiger partial charge in [-0.1, -0.05) is 12.8 Å². The molecular weight excluding hydrogens is 260 g/mol. The highest BCUT2D eigenvalue weighted by Gasteiger charge is 2.23. The third-order valence-corrected chi connectivity index (χ3v) is 4.26. The molecule has 2 atom stereocenters. The summed E-state index contributed by atoms with van der Waals surface area (Å²) in [6.45, 7) is 2.78. The zero-order valence-corrected chi connectivity index (χ0v) is 12.5. The zero-order valence-electron chi connectivity index (χ0n) is 11.8. The van der Waals surface area contributed by atoms with E-state index >= 15 is 0 Å². The molecule has 2 unspecified atom stereocenters. The highest BCUT2D eigenvalue weighted by molar-refractivity contribution is 6.18. The quantitative estimate of drug-likeness (QED) is 0.842. The van der Waals surface area contributed by atoms with Crippen LogP contribution in [0.25, 0.3) is 0 Å². The van der Waals surface area contributed by atoms with E-state index in [-0.39, 0.29) is 0 Å². The average molecular weight is 283 g/mol. The van der Waals surface area contributed by atoms with E-state index in [9.17, 15) is 0 Å². The second kappa shape index (κ2) is 7.11. The van der Waals surface area contributed by atoms with Gasteiger partial charge < -0.3 is 10.1 Å². The van der Waals surface area contributed by atoms with Crippen molar-refractivity contribution in [3.05, 3.63) is 23.5 Å². The molecule has 0 aliphatic heterocycles. The van der Waals surface area contributed by atoms with Crippen molar-refractivity contribution in [2.75, 3.05) is 13.0 Å². The molecule has 0 spiro atoms. The van der Waals surface area contributed by atoms with Gasteiger partial charge in [-0.25, -0.2) is 0 Å². The molecule has 106 valence electrons. The molecule has 19 heavy (non-hydrogen) atoms. The van der Waals surface area contributed by atoms with Crippen molar-refractivity contribution in [1.29, 1.82) is 0 Å². The maximum atomic E-state index is 6.05. The lowest BCUT2D eigenvalue weighted by molar-refractivity contribution is 0.281. The van der Waals surface area contributed by atoms with Gasteiger partial charge >= 0.3 is 0 Å². The Hall–Kier alpha value is -0.800. The fraction of sp³-hybridized carbons (Fsp3) is 0.667. The summed E-state index contributed by atoms with van der Waals surface area (Å²) in [7, 11) is 1.69. The summed E-state index contributed by atoms with van der Waals surface area (Å²) in [4.78, 5) is 4.54. The van der Waals surface area contributed by atoms with Crippen molar-refractivity contribution in [2.45, 2.75) is 45.2 Å². The van der Waals surface area contributed by atoms with Gasteiger partial charge in [-0.2, -0.15) is 0 Å². The summed E-state index contributed by atoms with van der Waals surface area (Å²) in [5, 5.41) is 3.61. The van der Waals surface area contributed by atoms with E-state index < -0.39 is 0 Å². The van der Waals surface area contributed by atoms with Crippen LogP contribution in [0.15, 0.2) is 12.1 Å². The molecule has 1 heterocycles. The molecule has 0 saturated heterocycles. The first-order valence-corrected chi connectivity index (χ1v) is 7.57. The summed E-state index contributed by atoms with van der Waals surface area (Å²) in [6.07, 6.45) is 5.08. The van der Waals surface area contributed by atoms with Crippen LogP contribution in [0.3, 0.4) is 0 Å². The van der Waals surface area contributed by atoms with E-state index in [2.05, 4.69) is 10.3 Å². The van der Waals surface area contributed by atoms with Crippen LogP contribution in [0.5, 0.6) is 5.75 Å². The summed E-state index contributed by atoms with van der Waals surface area (Å²) < 4.78 is 5.28. The maximum Gasteiger partial charge on any atom is 0.122 e. The van der Waals surface area contributed by atoms with Crippen molar-refractivity contribution in [3.63, 3.8) is 0 Å². The van der Waals surface area contributed by atoms with E-state index in [0.717, 1.165) is 29.6 Å². The molecule has 1 saturated carbocycles. The Morgan fingerprint density at radius 2 is 2.16 bits per heavy atom. The Morgan fingerprint density at radius 3 is 2.89 bits per heavy atom. The minimum Gasteiger partial charge on any atom is -0.497 e. The molecule has 2 rings (SSSR count). The normalized spacial score (nSPS) is 23.3. The number of hydrogen-bond donors (Lipinski definition) is 1. The molecule has 0 aromatic carbocycles. The summed E-state index contributed by atoms with van der Waals surface area (Å²) in [5.41, 5.74) is 2.03. The molecule has 1 aliphatic carbocycles. The van der Waals surface area contributed by atoms with E-state index in [0.29, 0.717) is 12.0 Å². The Morgan fingerprint density at radius 1 is 1.37 bits per heavy atom. The third-order valence-electron chi connectivity index (χ3n) is 3.87. The number of aromatic nitrogens is 1. The van der Waals surface area contributed by atoms with Crippen LogP contribution >= 0.6 is 11.6 Å². The van der Waals surface area contributed by atoms with E-state index in [1.54, 1.807) is 7.11 Å². The second-order valence-corrected chi connectivity index (χ2v) is 5.63. The number of hydrogen-bond acceptors (Lipinski definition) is 3. The monoisotopic (exact) mass is 282 g/mol. The van der Waals surface area contributed by atoms with Crippen LogP contribution < -0.4 is 10.1 Å². The Labute approximate surface area is 120 Å². The lowest BCUT2D eigenvalue weighted by atomic mass is 9.86. The molecule has 1 aliphatic rings. The van der Waals surface area contributed by atoms with Crippen molar-refractivity contribution >= 4 is 11.6 Å². The Bertz CT molecular complexity index is 411. The number of halogens is 1. The summed E-state index contributed by atoms with van der Waals surface area (Å²) in [6, 6.07) is 4.48. The Balaban J connectivity index is 1.95. The van der Waals surface area contributed by atoms with Gasteiger partial charge in [-0.15, -0.1) is 11.6 Å². The van der Waals surface area contributed by atoms with Gasteiger partial charge in [0.2, 0.25) is 0 Å². The first kappa shape index (κ1) is 14.6. The van der Waals surface area contributed by atoms with Crippen LogP contribution in [-0.2, 0) is 6.54 Å². The van der Waals surface area contributed by atoms with Crippen molar-refractivity contribution in [1.82, 2.24) is 10.3 Å². The van der Waals surface area contributed by atoms with Gasteiger partial charge in [0, 0.05) is 36.3 Å². The lowest BCUT2D eigenvalue weighted by Gasteiger charge is -2.31. The molecule has 1 aromatic heterocycles. The molecule has 1 N–H and O–H groups in total. The first-order chi connectivity index (χ1) is 9.22. The minimum absolute atomic E-state index is 0.527. The fourth-order valence-electron chi connectivity index (χ4n) is 2.81. The molecule has 1 fully saturated rings. The highest BCUT2D eigenvalue weighted by atomic mass is 35.5. The summed E-state index contributed by atoms with van der Waals surface area (Å²) >= 11 is 6.05. The molecule has 3 nitrogen and oxygen atoms in total. The van der Waals surface area contributed by atoms with Crippen molar-refractivity contribution in [3.8, 4) is 5.75 Å². The van der Waals surface area contributed by atoms with Gasteiger partial charge in [-0.3, -0.25) is 4.98 Å².